The van der Waals surface area contributed by atoms with Crippen LogP contribution < -0.4 is 15.6 Å². The first kappa shape index (κ1) is 17.4. The van der Waals surface area contributed by atoms with Gasteiger partial charge < -0.3 is 20.1 Å². The fourth-order valence-electron chi connectivity index (χ4n) is 3.22. The van der Waals surface area contributed by atoms with Gasteiger partial charge in [0.15, 0.2) is 0 Å². The van der Waals surface area contributed by atoms with Crippen molar-refractivity contribution in [1.29, 1.82) is 0 Å². The fourth-order valence-corrected chi connectivity index (χ4v) is 3.22. The van der Waals surface area contributed by atoms with Gasteiger partial charge in [-0.25, -0.2) is 0 Å². The van der Waals surface area contributed by atoms with Gasteiger partial charge in [-0.05, 0) is 29.8 Å². The molecule has 8 heteroatoms. The fraction of sp³-hybridized carbons (Fsp3) is 0.211. The number of alkyl halides is 3. The zero-order valence-electron chi connectivity index (χ0n) is 13.9. The first-order chi connectivity index (χ1) is 12.8. The smallest absolute Gasteiger partial charge is 0.423 e. The minimum atomic E-state index is -4.92. The number of nitrogens with one attached hydrogen (secondary N) is 2. The molecule has 3 N–H and O–H groups in total. The average Bonchev–Trinajstić information content (AvgIpc) is 2.61. The van der Waals surface area contributed by atoms with Crippen LogP contribution in [0.5, 0.6) is 5.75 Å². The molecule has 0 aliphatic carbocycles. The van der Waals surface area contributed by atoms with Crippen molar-refractivity contribution in [1.82, 2.24) is 4.98 Å². The van der Waals surface area contributed by atoms with Crippen molar-refractivity contribution >= 4 is 16.6 Å². The maximum Gasteiger partial charge on any atom is 0.423 e. The molecule has 2 aromatic carbocycles. The molecule has 1 aliphatic heterocycles. The van der Waals surface area contributed by atoms with Gasteiger partial charge in [-0.3, -0.25) is 4.79 Å². The van der Waals surface area contributed by atoms with Crippen molar-refractivity contribution in [2.45, 2.75) is 24.4 Å². The maximum absolute atomic E-state index is 13.7. The molecule has 3 aromatic rings. The number of fused-ring (bicyclic) bond motifs is 2. The molecule has 27 heavy (non-hydrogen) atoms. The number of benzene rings is 2. The van der Waals surface area contributed by atoms with Gasteiger partial charge in [-0.2, -0.15) is 13.2 Å². The van der Waals surface area contributed by atoms with Crippen molar-refractivity contribution < 1.29 is 23.0 Å². The van der Waals surface area contributed by atoms with Gasteiger partial charge in [0.2, 0.25) is 17.4 Å². The number of anilines is 1. The number of pyridine rings is 1. The zero-order valence-corrected chi connectivity index (χ0v) is 13.9. The van der Waals surface area contributed by atoms with Crippen molar-refractivity contribution in [3.63, 3.8) is 0 Å². The van der Waals surface area contributed by atoms with Gasteiger partial charge in [0.25, 0.3) is 0 Å². The molecule has 0 radical (unpaired) electrons. The molecule has 2 unspecified atom stereocenters. The van der Waals surface area contributed by atoms with Gasteiger partial charge >= 0.3 is 6.18 Å². The predicted molar refractivity (Wildman–Crippen MR) is 93.8 cm³/mol. The summed E-state index contributed by atoms with van der Waals surface area (Å²) in [5.41, 5.74) is -2.41. The Bertz CT molecular complexity index is 1060. The number of rotatable bonds is 2. The summed E-state index contributed by atoms with van der Waals surface area (Å²) in [6.45, 7) is 0. The van der Waals surface area contributed by atoms with E-state index in [1.165, 1.54) is 18.2 Å². The molecule has 1 aromatic heterocycles. The van der Waals surface area contributed by atoms with E-state index in [1.807, 2.05) is 0 Å². The van der Waals surface area contributed by atoms with Gasteiger partial charge in [-0.15, -0.1) is 0 Å². The van der Waals surface area contributed by atoms with E-state index in [4.69, 9.17) is 4.74 Å². The lowest BCUT2D eigenvalue weighted by Gasteiger charge is -2.42. The Hall–Kier alpha value is -3.00. The van der Waals surface area contributed by atoms with Gasteiger partial charge in [0.1, 0.15) is 5.75 Å². The SMILES string of the molecule is O=c1ccc2c(NC3Oc4ccccc4CC3(O)C(F)(F)F)cccc2[nH]1. The first-order valence-corrected chi connectivity index (χ1v) is 8.20. The quantitative estimate of drug-likeness (QED) is 0.642. The van der Waals surface area contributed by atoms with Crippen LogP contribution in [-0.2, 0) is 6.42 Å². The Balaban J connectivity index is 1.79. The number of para-hydroxylation sites is 1. The molecule has 0 bridgehead atoms. The zero-order chi connectivity index (χ0) is 19.2. The third-order valence-electron chi connectivity index (χ3n) is 4.65. The van der Waals surface area contributed by atoms with E-state index in [-0.39, 0.29) is 16.9 Å². The third kappa shape index (κ3) is 2.91. The normalized spacial score (nSPS) is 22.1. The number of aromatic amines is 1. The highest BCUT2D eigenvalue weighted by Crippen LogP contribution is 2.43. The first-order valence-electron chi connectivity index (χ1n) is 8.20. The van der Waals surface area contributed by atoms with E-state index in [9.17, 15) is 23.1 Å². The Morgan fingerprint density at radius 3 is 2.67 bits per heavy atom. The maximum atomic E-state index is 13.7. The summed E-state index contributed by atoms with van der Waals surface area (Å²) in [7, 11) is 0. The van der Waals surface area contributed by atoms with Gasteiger partial charge in [0, 0.05) is 23.6 Å². The lowest BCUT2D eigenvalue weighted by atomic mass is 9.88. The lowest BCUT2D eigenvalue weighted by Crippen LogP contribution is -2.63. The molecular weight excluding hydrogens is 361 g/mol. The molecule has 2 atom stereocenters. The summed E-state index contributed by atoms with van der Waals surface area (Å²) in [5, 5.41) is 13.7. The average molecular weight is 376 g/mol. The second-order valence-electron chi connectivity index (χ2n) is 6.44. The van der Waals surface area contributed by atoms with Gasteiger partial charge in [0.05, 0.1) is 5.52 Å². The number of ether oxygens (including phenoxy) is 1. The largest absolute Gasteiger partial charge is 0.467 e. The monoisotopic (exact) mass is 376 g/mol. The summed E-state index contributed by atoms with van der Waals surface area (Å²) < 4.78 is 46.7. The van der Waals surface area contributed by atoms with E-state index in [1.54, 1.807) is 36.4 Å². The summed E-state index contributed by atoms with van der Waals surface area (Å²) in [4.78, 5) is 14.1. The van der Waals surface area contributed by atoms with E-state index in [0.717, 1.165) is 0 Å². The molecule has 1 aliphatic rings. The molecule has 4 rings (SSSR count). The lowest BCUT2D eigenvalue weighted by molar-refractivity contribution is -0.285. The molecule has 0 fully saturated rings. The minimum Gasteiger partial charge on any atom is -0.467 e. The van der Waals surface area contributed by atoms with E-state index >= 15 is 0 Å². The minimum absolute atomic E-state index is 0.276. The van der Waals surface area contributed by atoms with Crippen LogP contribution in [0.2, 0.25) is 0 Å². The molecule has 0 saturated carbocycles. The number of aliphatic hydroxyl groups is 1. The Morgan fingerprint density at radius 2 is 1.89 bits per heavy atom. The molecule has 0 spiro atoms. The van der Waals surface area contributed by atoms with Gasteiger partial charge in [-0.1, -0.05) is 24.3 Å². The van der Waals surface area contributed by atoms with E-state index in [0.29, 0.717) is 16.6 Å². The summed E-state index contributed by atoms with van der Waals surface area (Å²) in [5.74, 6) is 0.276. The standard InChI is InChI=1S/C19H15F3N2O3/c20-19(21,22)18(26)10-11-4-1-2-7-15(11)27-17(18)24-14-6-3-5-13-12(14)8-9-16(25)23-13/h1-9,17,24,26H,10H2,(H,23,25). The van der Waals surface area contributed by atoms with Crippen LogP contribution in [0.15, 0.2) is 59.4 Å². The molecule has 5 nitrogen and oxygen atoms in total. The summed E-state index contributed by atoms with van der Waals surface area (Å²) >= 11 is 0. The van der Waals surface area contributed by atoms with Crippen LogP contribution in [0.4, 0.5) is 18.9 Å². The number of hydrogen-bond acceptors (Lipinski definition) is 4. The molecule has 0 saturated heterocycles. The topological polar surface area (TPSA) is 74.3 Å². The highest BCUT2D eigenvalue weighted by atomic mass is 19.4. The van der Waals surface area contributed by atoms with E-state index < -0.39 is 24.4 Å². The van der Waals surface area contributed by atoms with Crippen LogP contribution in [0, 0.1) is 0 Å². The van der Waals surface area contributed by atoms with Crippen molar-refractivity contribution in [2.24, 2.45) is 0 Å². The second-order valence-corrected chi connectivity index (χ2v) is 6.44. The van der Waals surface area contributed by atoms with Crippen LogP contribution in [-0.4, -0.2) is 28.1 Å². The molecule has 140 valence electrons. The van der Waals surface area contributed by atoms with Crippen LogP contribution in [0.25, 0.3) is 10.9 Å². The second kappa shape index (κ2) is 6.02. The van der Waals surface area contributed by atoms with Crippen LogP contribution in [0.3, 0.4) is 0 Å². The molecular formula is C19H15F3N2O3. The molecule has 2 heterocycles. The van der Waals surface area contributed by atoms with Crippen LogP contribution in [0.1, 0.15) is 5.56 Å². The predicted octanol–water partition coefficient (Wildman–Crippen LogP) is 3.19. The number of aromatic nitrogens is 1. The Kier molecular flexibility index (Phi) is 3.88. The molecule has 0 amide bonds. The Morgan fingerprint density at radius 1 is 1.11 bits per heavy atom. The van der Waals surface area contributed by atoms with Crippen molar-refractivity contribution in [2.75, 3.05) is 5.32 Å². The number of hydrogen-bond donors (Lipinski definition) is 3. The number of halogens is 3. The summed E-state index contributed by atoms with van der Waals surface area (Å²) in [6, 6.07) is 13.8. The Labute approximate surface area is 151 Å². The highest BCUT2D eigenvalue weighted by Gasteiger charge is 2.62. The van der Waals surface area contributed by atoms with E-state index in [2.05, 4.69) is 10.3 Å². The van der Waals surface area contributed by atoms with Crippen molar-refractivity contribution in [3.8, 4) is 5.75 Å². The van der Waals surface area contributed by atoms with Crippen LogP contribution >= 0.6 is 0 Å². The third-order valence-corrected chi connectivity index (χ3v) is 4.65. The highest BCUT2D eigenvalue weighted by molar-refractivity contribution is 5.91. The number of H-pyrrole nitrogens is 1. The van der Waals surface area contributed by atoms with Crippen molar-refractivity contribution in [3.05, 3.63) is 70.5 Å². The summed E-state index contributed by atoms with van der Waals surface area (Å²) in [6.07, 6.45) is -7.31.